The second-order valence-electron chi connectivity index (χ2n) is 9.94. The number of aryl methyl sites for hydroxylation is 2. The zero-order valence-corrected chi connectivity index (χ0v) is 20.7. The van der Waals surface area contributed by atoms with Gasteiger partial charge in [0.05, 0.1) is 35.4 Å². The molecule has 6 rings (SSSR count). The second kappa shape index (κ2) is 8.10. The van der Waals surface area contributed by atoms with E-state index in [2.05, 4.69) is 36.7 Å². The molecule has 2 aliphatic rings. The lowest BCUT2D eigenvalue weighted by Crippen LogP contribution is -2.37. The molecule has 0 bridgehead atoms. The van der Waals surface area contributed by atoms with Crippen LogP contribution in [-0.4, -0.2) is 20.6 Å². The van der Waals surface area contributed by atoms with Crippen molar-refractivity contribution >= 4 is 16.9 Å². The summed E-state index contributed by atoms with van der Waals surface area (Å²) >= 11 is 0. The average molecular weight is 483 g/mol. The van der Waals surface area contributed by atoms with Gasteiger partial charge >= 0.3 is 5.97 Å². The highest BCUT2D eigenvalue weighted by Gasteiger charge is 2.40. The number of carbonyl (C=O) groups excluding carboxylic acids is 1. The summed E-state index contributed by atoms with van der Waals surface area (Å²) < 4.78 is 9.22. The molecule has 36 heavy (non-hydrogen) atoms. The van der Waals surface area contributed by atoms with E-state index in [0.29, 0.717) is 36.3 Å². The summed E-state index contributed by atoms with van der Waals surface area (Å²) in [5, 5.41) is 12.5. The van der Waals surface area contributed by atoms with Gasteiger partial charge in [0, 0.05) is 35.6 Å². The highest BCUT2D eigenvalue weighted by Crippen LogP contribution is 2.40. The van der Waals surface area contributed by atoms with E-state index in [1.54, 1.807) is 4.57 Å². The first kappa shape index (κ1) is 22.6. The monoisotopic (exact) mass is 482 g/mol. The van der Waals surface area contributed by atoms with Gasteiger partial charge in [0.25, 0.3) is 5.56 Å². The predicted molar refractivity (Wildman–Crippen MR) is 134 cm³/mol. The van der Waals surface area contributed by atoms with Crippen molar-refractivity contribution in [3.05, 3.63) is 92.5 Å². The molecule has 0 spiro atoms. The number of hydrogen-bond acceptors (Lipinski definition) is 5. The van der Waals surface area contributed by atoms with Crippen LogP contribution in [-0.2, 0) is 34.8 Å². The van der Waals surface area contributed by atoms with Crippen LogP contribution in [0.4, 0.5) is 0 Å². The fourth-order valence-corrected chi connectivity index (χ4v) is 5.56. The summed E-state index contributed by atoms with van der Waals surface area (Å²) in [6, 6.07) is 14.2. The van der Waals surface area contributed by atoms with Gasteiger partial charge in [-0.25, -0.2) is 4.98 Å². The maximum atomic E-state index is 13.7. The number of aromatic nitrogens is 3. The Balaban J connectivity index is 1.62. The minimum atomic E-state index is -1.45. The SMILES string of the molecule is CCC1(O)CC(=O)OCc2c1cc1n(c2=O)Cc2c-1nc1ccc(C)cc1c2C[n+]1ccccc1C. The van der Waals surface area contributed by atoms with Crippen molar-refractivity contribution in [1.82, 2.24) is 9.55 Å². The number of pyridine rings is 3. The van der Waals surface area contributed by atoms with Crippen LogP contribution < -0.4 is 10.1 Å². The molecule has 0 saturated carbocycles. The second-order valence-corrected chi connectivity index (χ2v) is 9.94. The van der Waals surface area contributed by atoms with Crippen molar-refractivity contribution in [1.29, 1.82) is 0 Å². The molecule has 1 atom stereocenters. The molecule has 7 nitrogen and oxygen atoms in total. The molecule has 1 N–H and O–H groups in total. The van der Waals surface area contributed by atoms with Crippen LogP contribution in [0.3, 0.4) is 0 Å². The van der Waals surface area contributed by atoms with Gasteiger partial charge in [-0.1, -0.05) is 24.6 Å². The maximum Gasteiger partial charge on any atom is 0.309 e. The number of benzene rings is 1. The zero-order chi connectivity index (χ0) is 25.2. The minimum absolute atomic E-state index is 0.132. The first-order chi connectivity index (χ1) is 17.3. The number of cyclic esters (lactones) is 1. The lowest BCUT2D eigenvalue weighted by Gasteiger charge is -2.26. The smallest absolute Gasteiger partial charge is 0.309 e. The van der Waals surface area contributed by atoms with Crippen molar-refractivity contribution in [2.45, 2.75) is 58.9 Å². The number of esters is 1. The highest BCUT2D eigenvalue weighted by molar-refractivity contribution is 5.88. The van der Waals surface area contributed by atoms with Crippen molar-refractivity contribution < 1.29 is 19.2 Å². The number of rotatable bonds is 3. The fraction of sp³-hybridized carbons (Fsp3) is 0.310. The van der Waals surface area contributed by atoms with E-state index in [1.807, 2.05) is 37.3 Å². The summed E-state index contributed by atoms with van der Waals surface area (Å²) in [6.07, 6.45) is 2.19. The summed E-state index contributed by atoms with van der Waals surface area (Å²) in [5.74, 6) is -0.502. The third-order valence-electron chi connectivity index (χ3n) is 7.72. The van der Waals surface area contributed by atoms with E-state index in [0.717, 1.165) is 39.0 Å². The number of hydrogen-bond donors (Lipinski definition) is 1. The molecule has 1 aromatic carbocycles. The minimum Gasteiger partial charge on any atom is -0.460 e. The molecule has 0 radical (unpaired) electrons. The predicted octanol–water partition coefficient (Wildman–Crippen LogP) is 3.42. The summed E-state index contributed by atoms with van der Waals surface area (Å²) in [7, 11) is 0. The topological polar surface area (TPSA) is 85.3 Å². The summed E-state index contributed by atoms with van der Waals surface area (Å²) in [6.45, 7) is 6.86. The van der Waals surface area contributed by atoms with Gasteiger partial charge in [0.15, 0.2) is 18.4 Å². The summed E-state index contributed by atoms with van der Waals surface area (Å²) in [4.78, 5) is 31.0. The normalized spacial score (nSPS) is 18.4. The number of fused-ring (bicyclic) bond motifs is 5. The van der Waals surface area contributed by atoms with Gasteiger partial charge in [0.2, 0.25) is 0 Å². The average Bonchev–Trinajstić information content (AvgIpc) is 3.17. The van der Waals surface area contributed by atoms with E-state index in [1.165, 1.54) is 0 Å². The number of ether oxygens (including phenoxy) is 1. The highest BCUT2D eigenvalue weighted by atomic mass is 16.5. The van der Waals surface area contributed by atoms with Crippen LogP contribution in [0.25, 0.3) is 22.3 Å². The molecule has 182 valence electrons. The van der Waals surface area contributed by atoms with E-state index >= 15 is 0 Å². The zero-order valence-electron chi connectivity index (χ0n) is 20.7. The Bertz CT molecular complexity index is 1640. The van der Waals surface area contributed by atoms with Crippen molar-refractivity contribution in [3.8, 4) is 11.4 Å². The van der Waals surface area contributed by atoms with Gasteiger partial charge in [-0.2, -0.15) is 4.57 Å². The molecular formula is C29H28N3O4+. The lowest BCUT2D eigenvalue weighted by molar-refractivity contribution is -0.694. The summed E-state index contributed by atoms with van der Waals surface area (Å²) in [5.41, 5.74) is 5.85. The van der Waals surface area contributed by atoms with E-state index in [-0.39, 0.29) is 18.6 Å². The van der Waals surface area contributed by atoms with Crippen molar-refractivity contribution in [2.75, 3.05) is 0 Å². The Morgan fingerprint density at radius 1 is 1.14 bits per heavy atom. The third-order valence-corrected chi connectivity index (χ3v) is 7.72. The van der Waals surface area contributed by atoms with Gasteiger partial charge in [-0.3, -0.25) is 9.59 Å². The molecule has 0 aliphatic carbocycles. The largest absolute Gasteiger partial charge is 0.460 e. The van der Waals surface area contributed by atoms with Gasteiger partial charge in [-0.15, -0.1) is 0 Å². The van der Waals surface area contributed by atoms with Crippen LogP contribution in [0.2, 0.25) is 0 Å². The number of nitrogens with zero attached hydrogens (tertiary/aromatic N) is 3. The maximum absolute atomic E-state index is 13.7. The number of aliphatic hydroxyl groups is 1. The van der Waals surface area contributed by atoms with E-state index in [4.69, 9.17) is 9.72 Å². The standard InChI is InChI=1S/C29H28N3O4/c1-4-29(35)13-26(33)36-16-22-23(29)12-25-27-21(15-32(25)28(22)34)20(14-31-10-6-5-7-18(31)3)19-11-17(2)8-9-24(19)30-27/h5-12,35H,4,13-16H2,1-3H3/q+1. The van der Waals surface area contributed by atoms with Gasteiger partial charge in [0.1, 0.15) is 12.2 Å². The molecule has 4 aromatic rings. The van der Waals surface area contributed by atoms with Crippen LogP contribution in [0, 0.1) is 13.8 Å². The van der Waals surface area contributed by atoms with Gasteiger partial charge in [-0.05, 0) is 37.1 Å². The molecule has 7 heteroatoms. The Morgan fingerprint density at radius 2 is 1.97 bits per heavy atom. The molecule has 0 fully saturated rings. The van der Waals surface area contributed by atoms with Crippen LogP contribution in [0.5, 0.6) is 0 Å². The Morgan fingerprint density at radius 3 is 2.75 bits per heavy atom. The van der Waals surface area contributed by atoms with Crippen LogP contribution >= 0.6 is 0 Å². The van der Waals surface area contributed by atoms with Crippen molar-refractivity contribution in [2.24, 2.45) is 0 Å². The Kier molecular flexibility index (Phi) is 5.09. The molecule has 0 saturated heterocycles. The van der Waals surface area contributed by atoms with Crippen LogP contribution in [0.15, 0.2) is 53.5 Å². The Hall–Kier alpha value is -3.84. The van der Waals surface area contributed by atoms with Crippen molar-refractivity contribution in [3.63, 3.8) is 0 Å². The van der Waals surface area contributed by atoms with E-state index in [9.17, 15) is 14.7 Å². The first-order valence-electron chi connectivity index (χ1n) is 12.3. The third kappa shape index (κ3) is 3.38. The van der Waals surface area contributed by atoms with E-state index < -0.39 is 11.6 Å². The number of carbonyl (C=O) groups is 1. The molecule has 5 heterocycles. The molecular weight excluding hydrogens is 454 g/mol. The quantitative estimate of drug-likeness (QED) is 0.315. The molecule has 2 aliphatic heterocycles. The lowest BCUT2D eigenvalue weighted by atomic mass is 9.85. The fourth-order valence-electron chi connectivity index (χ4n) is 5.56. The Labute approximate surface area is 208 Å². The van der Waals surface area contributed by atoms with Gasteiger partial charge < -0.3 is 14.4 Å². The molecule has 3 aromatic heterocycles. The molecule has 0 amide bonds. The first-order valence-corrected chi connectivity index (χ1v) is 12.3. The molecule has 1 unspecified atom stereocenters. The van der Waals surface area contributed by atoms with Crippen LogP contribution in [0.1, 0.15) is 53.3 Å².